The van der Waals surface area contributed by atoms with Crippen LogP contribution in [-0.4, -0.2) is 19.0 Å². The number of ether oxygens (including phenoxy) is 1. The SMILES string of the molecule is COc1cccc([C@H]2NC(=O)NC(C)=C2C(=O)Nc2cccc(Cl)c2)c1. The van der Waals surface area contributed by atoms with Gasteiger partial charge in [-0.3, -0.25) is 4.79 Å². The Morgan fingerprint density at radius 3 is 2.69 bits per heavy atom. The van der Waals surface area contributed by atoms with Crippen molar-refractivity contribution < 1.29 is 14.3 Å². The van der Waals surface area contributed by atoms with Gasteiger partial charge in [-0.05, 0) is 42.8 Å². The highest BCUT2D eigenvalue weighted by Gasteiger charge is 2.31. The van der Waals surface area contributed by atoms with Crippen molar-refractivity contribution in [3.05, 3.63) is 70.4 Å². The molecule has 0 saturated heterocycles. The molecule has 0 saturated carbocycles. The molecule has 134 valence electrons. The predicted octanol–water partition coefficient (Wildman–Crippen LogP) is 3.62. The molecule has 2 aromatic rings. The zero-order valence-electron chi connectivity index (χ0n) is 14.3. The van der Waals surface area contributed by atoms with Gasteiger partial charge < -0.3 is 20.7 Å². The lowest BCUT2D eigenvalue weighted by Gasteiger charge is -2.28. The van der Waals surface area contributed by atoms with E-state index in [2.05, 4.69) is 16.0 Å². The van der Waals surface area contributed by atoms with Crippen molar-refractivity contribution in [3.63, 3.8) is 0 Å². The van der Waals surface area contributed by atoms with Crippen molar-refractivity contribution in [3.8, 4) is 5.75 Å². The largest absolute Gasteiger partial charge is 0.497 e. The first-order valence-corrected chi connectivity index (χ1v) is 8.35. The molecule has 3 N–H and O–H groups in total. The van der Waals surface area contributed by atoms with Crippen LogP contribution in [0.5, 0.6) is 5.75 Å². The third kappa shape index (κ3) is 3.81. The van der Waals surface area contributed by atoms with Crippen LogP contribution in [0.4, 0.5) is 10.5 Å². The summed E-state index contributed by atoms with van der Waals surface area (Å²) in [4.78, 5) is 24.8. The second-order valence-electron chi connectivity index (χ2n) is 5.81. The minimum absolute atomic E-state index is 0.329. The van der Waals surface area contributed by atoms with Gasteiger partial charge in [-0.25, -0.2) is 4.79 Å². The van der Waals surface area contributed by atoms with E-state index in [1.165, 1.54) is 0 Å². The van der Waals surface area contributed by atoms with Crippen LogP contribution in [0.1, 0.15) is 18.5 Å². The molecule has 0 aliphatic carbocycles. The number of nitrogens with one attached hydrogen (secondary N) is 3. The Bertz CT molecular complexity index is 895. The van der Waals surface area contributed by atoms with Crippen molar-refractivity contribution in [2.75, 3.05) is 12.4 Å². The summed E-state index contributed by atoms with van der Waals surface area (Å²) in [6, 6.07) is 13.1. The molecule has 0 radical (unpaired) electrons. The molecule has 0 aromatic heterocycles. The number of carbonyl (C=O) groups is 2. The fraction of sp³-hybridized carbons (Fsp3) is 0.158. The lowest BCUT2D eigenvalue weighted by molar-refractivity contribution is -0.113. The number of anilines is 1. The number of benzene rings is 2. The number of hydrogen-bond acceptors (Lipinski definition) is 3. The van der Waals surface area contributed by atoms with Gasteiger partial charge in [0.25, 0.3) is 5.91 Å². The Hall–Kier alpha value is -2.99. The molecule has 2 aromatic carbocycles. The van der Waals surface area contributed by atoms with Gasteiger partial charge in [-0.1, -0.05) is 29.8 Å². The molecular weight excluding hydrogens is 354 g/mol. The van der Waals surface area contributed by atoms with Gasteiger partial charge in [0, 0.05) is 16.4 Å². The van der Waals surface area contributed by atoms with Gasteiger partial charge in [-0.2, -0.15) is 0 Å². The first-order valence-electron chi connectivity index (χ1n) is 7.97. The van der Waals surface area contributed by atoms with Crippen molar-refractivity contribution in [2.24, 2.45) is 0 Å². The molecule has 3 amide bonds. The van der Waals surface area contributed by atoms with E-state index in [-0.39, 0.29) is 11.9 Å². The summed E-state index contributed by atoms with van der Waals surface area (Å²) in [5.41, 5.74) is 2.22. The number of allylic oxidation sites excluding steroid dienone is 1. The first-order chi connectivity index (χ1) is 12.5. The van der Waals surface area contributed by atoms with E-state index in [1.54, 1.807) is 50.4 Å². The number of methoxy groups -OCH3 is 1. The smallest absolute Gasteiger partial charge is 0.319 e. The van der Waals surface area contributed by atoms with Crippen LogP contribution in [0.2, 0.25) is 5.02 Å². The van der Waals surface area contributed by atoms with Gasteiger partial charge in [0.05, 0.1) is 18.7 Å². The van der Waals surface area contributed by atoms with E-state index in [0.29, 0.717) is 27.7 Å². The number of hydrogen-bond donors (Lipinski definition) is 3. The van der Waals surface area contributed by atoms with Crippen molar-refractivity contribution >= 4 is 29.2 Å². The molecule has 3 rings (SSSR count). The molecule has 0 unspecified atom stereocenters. The molecule has 1 heterocycles. The molecule has 1 aliphatic rings. The third-order valence-corrected chi connectivity index (χ3v) is 4.26. The van der Waals surface area contributed by atoms with E-state index in [9.17, 15) is 9.59 Å². The Morgan fingerprint density at radius 2 is 1.96 bits per heavy atom. The molecule has 1 atom stereocenters. The van der Waals surface area contributed by atoms with Gasteiger partial charge in [0.15, 0.2) is 0 Å². The standard InChI is InChI=1S/C19H18ClN3O3/c1-11-16(18(24)22-14-7-4-6-13(20)10-14)17(23-19(25)21-11)12-5-3-8-15(9-12)26-2/h3-10,17H,1-2H3,(H,22,24)(H2,21,23,25)/t17-/m1/s1. The van der Waals surface area contributed by atoms with Crippen molar-refractivity contribution in [1.82, 2.24) is 10.6 Å². The van der Waals surface area contributed by atoms with E-state index < -0.39 is 6.04 Å². The molecule has 0 spiro atoms. The molecule has 0 fully saturated rings. The summed E-state index contributed by atoms with van der Waals surface area (Å²) in [7, 11) is 1.56. The molecule has 0 bridgehead atoms. The van der Waals surface area contributed by atoms with Crippen LogP contribution in [0.3, 0.4) is 0 Å². The molecule has 26 heavy (non-hydrogen) atoms. The highest BCUT2D eigenvalue weighted by Crippen LogP contribution is 2.30. The van der Waals surface area contributed by atoms with Gasteiger partial charge in [0.1, 0.15) is 5.75 Å². The van der Waals surface area contributed by atoms with Crippen LogP contribution in [0, 0.1) is 0 Å². The zero-order valence-corrected chi connectivity index (χ0v) is 15.1. The third-order valence-electron chi connectivity index (χ3n) is 4.02. The molecule has 1 aliphatic heterocycles. The minimum atomic E-state index is -0.599. The Balaban J connectivity index is 1.96. The zero-order chi connectivity index (χ0) is 18.7. The van der Waals surface area contributed by atoms with Crippen LogP contribution >= 0.6 is 11.6 Å². The Morgan fingerprint density at radius 1 is 1.19 bits per heavy atom. The molecule has 7 heteroatoms. The van der Waals surface area contributed by atoms with Gasteiger partial charge in [0.2, 0.25) is 0 Å². The second kappa shape index (κ2) is 7.49. The Kier molecular flexibility index (Phi) is 5.14. The van der Waals surface area contributed by atoms with Crippen molar-refractivity contribution in [2.45, 2.75) is 13.0 Å². The van der Waals surface area contributed by atoms with Crippen LogP contribution in [0.15, 0.2) is 59.8 Å². The highest BCUT2D eigenvalue weighted by atomic mass is 35.5. The fourth-order valence-corrected chi connectivity index (χ4v) is 3.02. The predicted molar refractivity (Wildman–Crippen MR) is 100 cm³/mol. The monoisotopic (exact) mass is 371 g/mol. The quantitative estimate of drug-likeness (QED) is 0.768. The van der Waals surface area contributed by atoms with Crippen LogP contribution < -0.4 is 20.7 Å². The highest BCUT2D eigenvalue weighted by molar-refractivity contribution is 6.31. The maximum atomic E-state index is 12.9. The summed E-state index contributed by atoms with van der Waals surface area (Å²) < 4.78 is 5.24. The summed E-state index contributed by atoms with van der Waals surface area (Å²) in [6.45, 7) is 1.69. The van der Waals surface area contributed by atoms with E-state index in [0.717, 1.165) is 5.56 Å². The summed E-state index contributed by atoms with van der Waals surface area (Å²) >= 11 is 5.97. The number of carbonyl (C=O) groups excluding carboxylic acids is 2. The number of urea groups is 1. The normalized spacial score (nSPS) is 16.6. The van der Waals surface area contributed by atoms with E-state index >= 15 is 0 Å². The summed E-state index contributed by atoms with van der Waals surface area (Å²) in [6.07, 6.45) is 0. The fourth-order valence-electron chi connectivity index (χ4n) is 2.83. The lowest BCUT2D eigenvalue weighted by atomic mass is 9.94. The van der Waals surface area contributed by atoms with E-state index in [4.69, 9.17) is 16.3 Å². The van der Waals surface area contributed by atoms with E-state index in [1.807, 2.05) is 12.1 Å². The topological polar surface area (TPSA) is 79.5 Å². The maximum Gasteiger partial charge on any atom is 0.319 e. The first kappa shape index (κ1) is 17.8. The number of rotatable bonds is 4. The maximum absolute atomic E-state index is 12.9. The van der Waals surface area contributed by atoms with Crippen LogP contribution in [-0.2, 0) is 4.79 Å². The Labute approximate surface area is 156 Å². The molecule has 6 nitrogen and oxygen atoms in total. The average Bonchev–Trinajstić information content (AvgIpc) is 2.61. The number of halogens is 1. The minimum Gasteiger partial charge on any atom is -0.497 e. The summed E-state index contributed by atoms with van der Waals surface area (Å²) in [5, 5.41) is 8.78. The van der Waals surface area contributed by atoms with Gasteiger partial charge >= 0.3 is 6.03 Å². The van der Waals surface area contributed by atoms with Gasteiger partial charge in [-0.15, -0.1) is 0 Å². The van der Waals surface area contributed by atoms with Crippen molar-refractivity contribution in [1.29, 1.82) is 0 Å². The second-order valence-corrected chi connectivity index (χ2v) is 6.25. The molecular formula is C19H18ClN3O3. The lowest BCUT2D eigenvalue weighted by Crippen LogP contribution is -2.45. The van der Waals surface area contributed by atoms with Crippen LogP contribution in [0.25, 0.3) is 0 Å². The average molecular weight is 372 g/mol. The number of amides is 3. The summed E-state index contributed by atoms with van der Waals surface area (Å²) in [5.74, 6) is 0.313.